The lowest BCUT2D eigenvalue weighted by molar-refractivity contribution is 0.296. The summed E-state index contributed by atoms with van der Waals surface area (Å²) in [6.45, 7) is 6.87. The van der Waals surface area contributed by atoms with Gasteiger partial charge in [0.25, 0.3) is 0 Å². The van der Waals surface area contributed by atoms with Gasteiger partial charge in [0.15, 0.2) is 0 Å². The summed E-state index contributed by atoms with van der Waals surface area (Å²) >= 11 is 0. The van der Waals surface area contributed by atoms with Crippen molar-refractivity contribution in [3.63, 3.8) is 0 Å². The Bertz CT molecular complexity index is 404. The van der Waals surface area contributed by atoms with E-state index >= 15 is 0 Å². The van der Waals surface area contributed by atoms with E-state index in [4.69, 9.17) is 0 Å². The number of hydrogen-bond donors (Lipinski definition) is 0. The molecule has 1 heteroatoms. The van der Waals surface area contributed by atoms with Gasteiger partial charge in [-0.2, -0.15) is 0 Å². The molecular formula is C18H27N. The van der Waals surface area contributed by atoms with Crippen molar-refractivity contribution in [2.45, 2.75) is 76.8 Å². The molecule has 2 fully saturated rings. The van der Waals surface area contributed by atoms with Gasteiger partial charge >= 0.3 is 0 Å². The molecule has 0 unspecified atom stereocenters. The Labute approximate surface area is 118 Å². The Morgan fingerprint density at radius 1 is 0.842 bits per heavy atom. The van der Waals surface area contributed by atoms with Gasteiger partial charge in [-0.15, -0.1) is 0 Å². The second kappa shape index (κ2) is 4.85. The molecule has 0 aromatic heterocycles. The fourth-order valence-electron chi connectivity index (χ4n) is 3.88. The van der Waals surface area contributed by atoms with Crippen molar-refractivity contribution in [1.29, 1.82) is 0 Å². The van der Waals surface area contributed by atoms with Gasteiger partial charge in [0, 0.05) is 17.8 Å². The highest BCUT2D eigenvalue weighted by Crippen LogP contribution is 2.38. The minimum Gasteiger partial charge on any atom is -0.366 e. The maximum Gasteiger partial charge on any atom is 0.0371 e. The molecule has 1 nitrogen and oxygen atoms in total. The summed E-state index contributed by atoms with van der Waals surface area (Å²) in [7, 11) is 0. The second-order valence-electron chi connectivity index (χ2n) is 7.37. The predicted octanol–water partition coefficient (Wildman–Crippen LogP) is 4.90. The number of piperidine rings is 2. The molecule has 0 saturated carbocycles. The van der Waals surface area contributed by atoms with E-state index in [0.29, 0.717) is 0 Å². The third-order valence-electron chi connectivity index (χ3n) is 4.97. The van der Waals surface area contributed by atoms with Crippen molar-refractivity contribution in [2.75, 3.05) is 4.90 Å². The first-order valence-corrected chi connectivity index (χ1v) is 7.94. The van der Waals surface area contributed by atoms with E-state index in [1.54, 1.807) is 0 Å². The van der Waals surface area contributed by atoms with Crippen LogP contribution in [0.15, 0.2) is 24.3 Å². The minimum atomic E-state index is 0.260. The third-order valence-corrected chi connectivity index (χ3v) is 4.97. The highest BCUT2D eigenvalue weighted by atomic mass is 15.2. The molecule has 2 aliphatic rings. The maximum atomic E-state index is 2.74. The van der Waals surface area contributed by atoms with E-state index < -0.39 is 0 Å². The van der Waals surface area contributed by atoms with Crippen LogP contribution >= 0.6 is 0 Å². The summed E-state index contributed by atoms with van der Waals surface area (Å²) in [6.07, 6.45) is 8.47. The Morgan fingerprint density at radius 2 is 1.32 bits per heavy atom. The number of nitrogens with zero attached hydrogens (tertiary/aromatic N) is 1. The normalized spacial score (nSPS) is 27.4. The Kier molecular flexibility index (Phi) is 3.32. The number of rotatable bonds is 1. The Hall–Kier alpha value is -0.980. The van der Waals surface area contributed by atoms with E-state index in [1.165, 1.54) is 49.8 Å². The first kappa shape index (κ1) is 13.0. The quantitative estimate of drug-likeness (QED) is 0.692. The lowest BCUT2D eigenvalue weighted by Crippen LogP contribution is -2.49. The molecule has 1 aromatic carbocycles. The lowest BCUT2D eigenvalue weighted by atomic mass is 9.83. The van der Waals surface area contributed by atoms with E-state index in [1.807, 2.05) is 0 Å². The summed E-state index contributed by atoms with van der Waals surface area (Å²) < 4.78 is 0. The van der Waals surface area contributed by atoms with E-state index in [2.05, 4.69) is 49.9 Å². The molecule has 104 valence electrons. The molecular weight excluding hydrogens is 230 g/mol. The van der Waals surface area contributed by atoms with Crippen molar-refractivity contribution in [2.24, 2.45) is 0 Å². The van der Waals surface area contributed by atoms with Crippen LogP contribution in [0.4, 0.5) is 5.69 Å². The Morgan fingerprint density at radius 3 is 1.74 bits per heavy atom. The van der Waals surface area contributed by atoms with Crippen LogP contribution in [0, 0.1) is 0 Å². The summed E-state index contributed by atoms with van der Waals surface area (Å²) in [5.41, 5.74) is 3.16. The lowest BCUT2D eigenvalue weighted by Gasteiger charge is -2.48. The molecule has 0 amide bonds. The molecule has 3 rings (SSSR count). The molecule has 0 aliphatic carbocycles. The van der Waals surface area contributed by atoms with Crippen LogP contribution in [0.3, 0.4) is 0 Å². The van der Waals surface area contributed by atoms with Gasteiger partial charge < -0.3 is 4.90 Å². The molecule has 2 bridgehead atoms. The summed E-state index contributed by atoms with van der Waals surface area (Å²) in [5.74, 6) is 0. The first-order valence-electron chi connectivity index (χ1n) is 7.94. The van der Waals surface area contributed by atoms with Crippen molar-refractivity contribution < 1.29 is 0 Å². The molecule has 2 heterocycles. The van der Waals surface area contributed by atoms with Crippen LogP contribution in [0.1, 0.15) is 64.9 Å². The molecule has 0 N–H and O–H groups in total. The van der Waals surface area contributed by atoms with Gasteiger partial charge in [-0.05, 0) is 61.6 Å². The van der Waals surface area contributed by atoms with E-state index in [9.17, 15) is 0 Å². The average Bonchev–Trinajstić information content (AvgIpc) is 2.37. The highest BCUT2D eigenvalue weighted by molar-refractivity contribution is 5.51. The van der Waals surface area contributed by atoms with E-state index in [0.717, 1.165) is 12.1 Å². The van der Waals surface area contributed by atoms with Gasteiger partial charge in [-0.25, -0.2) is 0 Å². The fourth-order valence-corrected chi connectivity index (χ4v) is 3.88. The SMILES string of the molecule is CC(C)(C)c1ccc(N2C3CCCC2CCC3)cc1. The monoisotopic (exact) mass is 257 g/mol. The number of anilines is 1. The molecule has 0 spiro atoms. The molecule has 2 saturated heterocycles. The predicted molar refractivity (Wildman–Crippen MR) is 82.9 cm³/mol. The van der Waals surface area contributed by atoms with Crippen LogP contribution in [-0.2, 0) is 5.41 Å². The standard InChI is InChI=1S/C18H27N/c1-18(2,3)14-10-12-17(13-11-14)19-15-6-4-7-16(19)9-5-8-15/h10-13,15-16H,4-9H2,1-3H3. The van der Waals surface area contributed by atoms with Crippen LogP contribution in [-0.4, -0.2) is 12.1 Å². The van der Waals surface area contributed by atoms with Gasteiger partial charge in [0.1, 0.15) is 0 Å². The first-order chi connectivity index (χ1) is 9.05. The van der Waals surface area contributed by atoms with Gasteiger partial charge in [0.2, 0.25) is 0 Å². The average molecular weight is 257 g/mol. The van der Waals surface area contributed by atoms with Gasteiger partial charge in [-0.1, -0.05) is 32.9 Å². The zero-order valence-electron chi connectivity index (χ0n) is 12.7. The molecule has 0 radical (unpaired) electrons. The number of hydrogen-bond acceptors (Lipinski definition) is 1. The van der Waals surface area contributed by atoms with Crippen LogP contribution in [0.2, 0.25) is 0 Å². The Balaban J connectivity index is 1.85. The minimum absolute atomic E-state index is 0.260. The second-order valence-corrected chi connectivity index (χ2v) is 7.37. The zero-order valence-corrected chi connectivity index (χ0v) is 12.7. The van der Waals surface area contributed by atoms with Crippen LogP contribution in [0.25, 0.3) is 0 Å². The van der Waals surface area contributed by atoms with Crippen molar-refractivity contribution in [1.82, 2.24) is 0 Å². The fraction of sp³-hybridized carbons (Fsp3) is 0.667. The third kappa shape index (κ3) is 2.52. The smallest absolute Gasteiger partial charge is 0.0371 e. The topological polar surface area (TPSA) is 3.24 Å². The molecule has 19 heavy (non-hydrogen) atoms. The van der Waals surface area contributed by atoms with E-state index in [-0.39, 0.29) is 5.41 Å². The van der Waals surface area contributed by atoms with Crippen LogP contribution < -0.4 is 4.90 Å². The summed E-state index contributed by atoms with van der Waals surface area (Å²) in [6, 6.07) is 11.0. The largest absolute Gasteiger partial charge is 0.366 e. The van der Waals surface area contributed by atoms with Crippen LogP contribution in [0.5, 0.6) is 0 Å². The van der Waals surface area contributed by atoms with Crippen molar-refractivity contribution in [3.05, 3.63) is 29.8 Å². The zero-order chi connectivity index (χ0) is 13.5. The molecule has 2 aliphatic heterocycles. The highest BCUT2D eigenvalue weighted by Gasteiger charge is 2.33. The number of benzene rings is 1. The van der Waals surface area contributed by atoms with Gasteiger partial charge in [0.05, 0.1) is 0 Å². The molecule has 0 atom stereocenters. The van der Waals surface area contributed by atoms with Crippen molar-refractivity contribution in [3.8, 4) is 0 Å². The summed E-state index contributed by atoms with van der Waals surface area (Å²) in [4.78, 5) is 2.74. The van der Waals surface area contributed by atoms with Crippen molar-refractivity contribution >= 4 is 5.69 Å². The van der Waals surface area contributed by atoms with Gasteiger partial charge in [-0.3, -0.25) is 0 Å². The number of fused-ring (bicyclic) bond motifs is 2. The summed E-state index contributed by atoms with van der Waals surface area (Å²) in [5, 5.41) is 0. The maximum absolute atomic E-state index is 2.74. The molecule has 1 aromatic rings.